The fourth-order valence-electron chi connectivity index (χ4n) is 2.52. The van der Waals surface area contributed by atoms with Crippen LogP contribution in [0, 0.1) is 0 Å². The summed E-state index contributed by atoms with van der Waals surface area (Å²) in [5.41, 5.74) is 5.42. The molecule has 0 unspecified atom stereocenters. The Morgan fingerprint density at radius 1 is 1.39 bits per heavy atom. The molecule has 1 saturated heterocycles. The first-order chi connectivity index (χ1) is 8.59. The van der Waals surface area contributed by atoms with Crippen molar-refractivity contribution in [2.75, 3.05) is 26.4 Å². The van der Waals surface area contributed by atoms with Crippen LogP contribution in [0.5, 0.6) is 0 Å². The maximum atomic E-state index is 12.6. The van der Waals surface area contributed by atoms with Crippen molar-refractivity contribution in [3.63, 3.8) is 0 Å². The van der Waals surface area contributed by atoms with Crippen molar-refractivity contribution < 1.29 is 14.6 Å². The number of aliphatic hydroxyl groups excluding tert-OH is 1. The summed E-state index contributed by atoms with van der Waals surface area (Å²) in [7, 11) is 0. The molecular weight excluding hydrogens is 232 g/mol. The van der Waals surface area contributed by atoms with Gasteiger partial charge in [-0.2, -0.15) is 0 Å². The van der Waals surface area contributed by atoms with Gasteiger partial charge in [-0.1, -0.05) is 13.8 Å². The molecule has 1 amide bonds. The van der Waals surface area contributed by atoms with Gasteiger partial charge in [0, 0.05) is 25.8 Å². The second kappa shape index (κ2) is 7.07. The average Bonchev–Trinajstić information content (AvgIpc) is 2.39. The number of amides is 1. The lowest BCUT2D eigenvalue weighted by Crippen LogP contribution is -2.60. The third-order valence-electron chi connectivity index (χ3n) is 3.80. The number of hydrogen-bond donors (Lipinski definition) is 2. The van der Waals surface area contributed by atoms with E-state index >= 15 is 0 Å². The number of nitrogens with two attached hydrogens (primary N) is 1. The highest BCUT2D eigenvalue weighted by molar-refractivity contribution is 5.86. The fraction of sp³-hybridized carbons (Fsp3) is 0.923. The molecule has 0 aliphatic carbocycles. The number of ether oxygens (including phenoxy) is 1. The summed E-state index contributed by atoms with van der Waals surface area (Å²) < 4.78 is 5.27. The molecular formula is C13H26N2O3. The lowest BCUT2D eigenvalue weighted by atomic mass is 9.88. The van der Waals surface area contributed by atoms with Crippen molar-refractivity contribution in [1.29, 1.82) is 0 Å². The predicted molar refractivity (Wildman–Crippen MR) is 70.1 cm³/mol. The van der Waals surface area contributed by atoms with Crippen LogP contribution in [0.25, 0.3) is 0 Å². The normalized spacial score (nSPS) is 18.9. The monoisotopic (exact) mass is 258 g/mol. The van der Waals surface area contributed by atoms with Gasteiger partial charge in [0.2, 0.25) is 5.91 Å². The van der Waals surface area contributed by atoms with Crippen molar-refractivity contribution in [2.45, 2.75) is 51.1 Å². The molecule has 1 aliphatic rings. The molecule has 1 rings (SSSR count). The summed E-state index contributed by atoms with van der Waals surface area (Å²) in [5.74, 6) is -0.0337. The van der Waals surface area contributed by atoms with Crippen LogP contribution in [0.15, 0.2) is 0 Å². The smallest absolute Gasteiger partial charge is 0.243 e. The summed E-state index contributed by atoms with van der Waals surface area (Å²) in [6.07, 6.45) is 2.89. The number of hydrogen-bond acceptors (Lipinski definition) is 4. The molecule has 1 aliphatic heterocycles. The van der Waals surface area contributed by atoms with Crippen LogP contribution in [0.3, 0.4) is 0 Å². The van der Waals surface area contributed by atoms with E-state index in [0.29, 0.717) is 32.6 Å². The van der Waals surface area contributed by atoms with E-state index in [1.807, 2.05) is 0 Å². The zero-order valence-corrected chi connectivity index (χ0v) is 11.5. The second-order valence-electron chi connectivity index (χ2n) is 4.96. The zero-order chi connectivity index (χ0) is 13.6. The minimum absolute atomic E-state index is 0.0190. The van der Waals surface area contributed by atoms with Crippen molar-refractivity contribution in [3.8, 4) is 0 Å². The molecule has 3 N–H and O–H groups in total. The van der Waals surface area contributed by atoms with E-state index in [9.17, 15) is 4.79 Å². The Hall–Kier alpha value is -0.650. The lowest BCUT2D eigenvalue weighted by Gasteiger charge is -2.39. The quantitative estimate of drug-likeness (QED) is 0.727. The number of carbonyl (C=O) groups is 1. The van der Waals surface area contributed by atoms with Crippen molar-refractivity contribution in [2.24, 2.45) is 5.73 Å². The van der Waals surface area contributed by atoms with Gasteiger partial charge in [-0.3, -0.25) is 4.79 Å². The fourth-order valence-corrected chi connectivity index (χ4v) is 2.52. The Labute approximate surface area is 109 Å². The number of nitrogens with zero attached hydrogens (tertiary/aromatic N) is 1. The van der Waals surface area contributed by atoms with Gasteiger partial charge in [-0.15, -0.1) is 0 Å². The minimum atomic E-state index is -0.810. The number of aliphatic hydroxyl groups is 1. The molecule has 0 saturated carbocycles. The molecule has 0 spiro atoms. The first kappa shape index (κ1) is 15.4. The molecule has 0 radical (unpaired) electrons. The van der Waals surface area contributed by atoms with E-state index in [-0.39, 0.29) is 18.6 Å². The van der Waals surface area contributed by atoms with E-state index in [0.717, 1.165) is 12.8 Å². The largest absolute Gasteiger partial charge is 0.395 e. The molecule has 5 heteroatoms. The molecule has 106 valence electrons. The van der Waals surface area contributed by atoms with Gasteiger partial charge in [0.15, 0.2) is 0 Å². The molecule has 1 heterocycles. The molecule has 0 aromatic rings. The van der Waals surface area contributed by atoms with Gasteiger partial charge in [-0.25, -0.2) is 0 Å². The van der Waals surface area contributed by atoms with E-state index in [2.05, 4.69) is 13.8 Å². The van der Waals surface area contributed by atoms with Crippen molar-refractivity contribution >= 4 is 5.91 Å². The van der Waals surface area contributed by atoms with Crippen LogP contribution in [0.1, 0.15) is 39.5 Å². The van der Waals surface area contributed by atoms with Crippen LogP contribution in [0.2, 0.25) is 0 Å². The Kier molecular flexibility index (Phi) is 6.05. The average molecular weight is 258 g/mol. The van der Waals surface area contributed by atoms with Gasteiger partial charge < -0.3 is 20.5 Å². The molecule has 0 atom stereocenters. The van der Waals surface area contributed by atoms with Crippen molar-refractivity contribution in [3.05, 3.63) is 0 Å². The van der Waals surface area contributed by atoms with Gasteiger partial charge in [0.05, 0.1) is 12.1 Å². The maximum absolute atomic E-state index is 12.6. The Morgan fingerprint density at radius 3 is 2.39 bits per heavy atom. The first-order valence-electron chi connectivity index (χ1n) is 6.87. The lowest BCUT2D eigenvalue weighted by molar-refractivity contribution is -0.143. The van der Waals surface area contributed by atoms with E-state index in [1.54, 1.807) is 4.90 Å². The predicted octanol–water partition coefficient (Wildman–Crippen LogP) is 0.504. The van der Waals surface area contributed by atoms with Crippen molar-refractivity contribution in [1.82, 2.24) is 4.90 Å². The maximum Gasteiger partial charge on any atom is 0.243 e. The summed E-state index contributed by atoms with van der Waals surface area (Å²) in [5, 5.41) is 9.15. The van der Waals surface area contributed by atoms with E-state index in [4.69, 9.17) is 15.6 Å². The highest BCUT2D eigenvalue weighted by Gasteiger charge is 2.40. The summed E-state index contributed by atoms with van der Waals surface area (Å²) in [6, 6.07) is 0.160. The third kappa shape index (κ3) is 3.43. The van der Waals surface area contributed by atoms with Gasteiger partial charge in [0.1, 0.15) is 0 Å². The minimum Gasteiger partial charge on any atom is -0.395 e. The van der Waals surface area contributed by atoms with E-state index in [1.165, 1.54) is 0 Å². The summed E-state index contributed by atoms with van der Waals surface area (Å²) >= 11 is 0. The zero-order valence-electron chi connectivity index (χ0n) is 11.5. The Balaban J connectivity index is 2.80. The molecule has 1 fully saturated rings. The van der Waals surface area contributed by atoms with Crippen LogP contribution in [-0.4, -0.2) is 53.9 Å². The molecule has 5 nitrogen and oxygen atoms in total. The molecule has 0 aromatic carbocycles. The van der Waals surface area contributed by atoms with Crippen LogP contribution >= 0.6 is 0 Å². The highest BCUT2D eigenvalue weighted by Crippen LogP contribution is 2.23. The number of rotatable bonds is 6. The van der Waals surface area contributed by atoms with Gasteiger partial charge >= 0.3 is 0 Å². The Bertz CT molecular complexity index is 261. The summed E-state index contributed by atoms with van der Waals surface area (Å²) in [6.45, 7) is 5.54. The molecule has 0 bridgehead atoms. The Morgan fingerprint density at radius 2 is 1.94 bits per heavy atom. The van der Waals surface area contributed by atoms with E-state index < -0.39 is 5.54 Å². The van der Waals surface area contributed by atoms with Crippen LogP contribution in [-0.2, 0) is 9.53 Å². The molecule has 0 aromatic heterocycles. The van der Waals surface area contributed by atoms with Crippen LogP contribution in [0.4, 0.5) is 0 Å². The second-order valence-corrected chi connectivity index (χ2v) is 4.96. The standard InChI is InChI=1S/C13H26N2O3/c1-3-11(4-2)15(7-8-16)12(17)13(14)5-9-18-10-6-13/h11,16H,3-10,14H2,1-2H3. The van der Waals surface area contributed by atoms with Gasteiger partial charge in [-0.05, 0) is 25.7 Å². The number of carbonyl (C=O) groups excluding carboxylic acids is 1. The third-order valence-corrected chi connectivity index (χ3v) is 3.80. The highest BCUT2D eigenvalue weighted by atomic mass is 16.5. The molecule has 18 heavy (non-hydrogen) atoms. The first-order valence-corrected chi connectivity index (χ1v) is 6.87. The van der Waals surface area contributed by atoms with Crippen LogP contribution < -0.4 is 5.73 Å². The SMILES string of the molecule is CCC(CC)N(CCO)C(=O)C1(N)CCOCC1. The van der Waals surface area contributed by atoms with Gasteiger partial charge in [0.25, 0.3) is 0 Å². The topological polar surface area (TPSA) is 75.8 Å². The summed E-state index contributed by atoms with van der Waals surface area (Å²) in [4.78, 5) is 14.4.